The highest BCUT2D eigenvalue weighted by atomic mass is 32.2. The van der Waals surface area contributed by atoms with Gasteiger partial charge in [-0.1, -0.05) is 49.9 Å². The summed E-state index contributed by atoms with van der Waals surface area (Å²) in [6.07, 6.45) is 3.44. The zero-order chi connectivity index (χ0) is 20.5. The summed E-state index contributed by atoms with van der Waals surface area (Å²) in [5, 5.41) is 11.8. The summed E-state index contributed by atoms with van der Waals surface area (Å²) < 4.78 is 2.11. The first-order valence-electron chi connectivity index (χ1n) is 10.2. The van der Waals surface area contributed by atoms with Gasteiger partial charge in [0.15, 0.2) is 11.0 Å². The molecule has 3 rings (SSSR count). The summed E-state index contributed by atoms with van der Waals surface area (Å²) in [6, 6.07) is 14.3. The molecule has 0 saturated carbocycles. The van der Waals surface area contributed by atoms with Gasteiger partial charge in [-0.25, -0.2) is 0 Å². The molecule has 0 aliphatic rings. The Morgan fingerprint density at radius 2 is 1.83 bits per heavy atom. The number of aromatic nitrogens is 3. The smallest absolute Gasteiger partial charge is 0.222 e. The van der Waals surface area contributed by atoms with E-state index in [9.17, 15) is 4.79 Å². The van der Waals surface area contributed by atoms with Gasteiger partial charge in [0.2, 0.25) is 5.91 Å². The van der Waals surface area contributed by atoms with E-state index in [2.05, 4.69) is 52.2 Å². The summed E-state index contributed by atoms with van der Waals surface area (Å²) in [5.74, 6) is 1.97. The van der Waals surface area contributed by atoms with Gasteiger partial charge in [0.1, 0.15) is 0 Å². The van der Waals surface area contributed by atoms with Gasteiger partial charge in [-0.2, -0.15) is 0 Å². The minimum atomic E-state index is 0.262. The Morgan fingerprint density at radius 3 is 2.48 bits per heavy atom. The fourth-order valence-corrected chi connectivity index (χ4v) is 4.77. The van der Waals surface area contributed by atoms with E-state index < -0.39 is 0 Å². The van der Waals surface area contributed by atoms with Crippen LogP contribution in [0.1, 0.15) is 39.5 Å². The van der Waals surface area contributed by atoms with Crippen LogP contribution in [0.3, 0.4) is 0 Å². The van der Waals surface area contributed by atoms with E-state index in [1.165, 1.54) is 0 Å². The molecule has 0 unspecified atom stereocenters. The number of hydrogen-bond acceptors (Lipinski definition) is 5. The molecule has 5 nitrogen and oxygen atoms in total. The molecule has 0 saturated heterocycles. The molecule has 29 heavy (non-hydrogen) atoms. The highest BCUT2D eigenvalue weighted by Gasteiger charge is 2.17. The van der Waals surface area contributed by atoms with Crippen LogP contribution in [0.5, 0.6) is 0 Å². The first kappa shape index (κ1) is 21.6. The Labute approximate surface area is 181 Å². The number of carbonyl (C=O) groups is 1. The lowest BCUT2D eigenvalue weighted by Gasteiger charge is -2.21. The number of thiophene rings is 1. The second-order valence-corrected chi connectivity index (χ2v) is 8.80. The molecule has 0 N–H and O–H groups in total. The van der Waals surface area contributed by atoms with Crippen LogP contribution < -0.4 is 0 Å². The second kappa shape index (κ2) is 11.2. The molecule has 0 spiro atoms. The van der Waals surface area contributed by atoms with Crippen molar-refractivity contribution >= 4 is 29.0 Å². The molecule has 0 atom stereocenters. The number of hydrogen-bond donors (Lipinski definition) is 0. The number of para-hydroxylation sites is 1. The Balaban J connectivity index is 1.66. The number of nitrogens with zero attached hydrogens (tertiary/aromatic N) is 4. The van der Waals surface area contributed by atoms with E-state index in [1.54, 1.807) is 23.1 Å². The lowest BCUT2D eigenvalue weighted by atomic mass is 10.2. The number of benzene rings is 1. The van der Waals surface area contributed by atoms with Crippen molar-refractivity contribution in [1.82, 2.24) is 19.7 Å². The molecule has 1 aromatic carbocycles. The molecule has 0 aliphatic heterocycles. The third kappa shape index (κ3) is 5.70. The first-order valence-corrected chi connectivity index (χ1v) is 12.1. The standard InChI is InChI=1S/C22H28N4OS2/c1-3-14-25(15-4-2)20(27)13-9-17-29-22-24-23-21(19-12-8-16-28-19)26(22)18-10-6-5-7-11-18/h5-8,10-12,16H,3-4,9,13-15,17H2,1-2H3. The van der Waals surface area contributed by atoms with Crippen molar-refractivity contribution < 1.29 is 4.79 Å². The van der Waals surface area contributed by atoms with E-state index in [4.69, 9.17) is 0 Å². The van der Waals surface area contributed by atoms with Crippen molar-refractivity contribution in [1.29, 1.82) is 0 Å². The van der Waals surface area contributed by atoms with Crippen LogP contribution in [0.25, 0.3) is 16.4 Å². The minimum absolute atomic E-state index is 0.262. The van der Waals surface area contributed by atoms with Crippen molar-refractivity contribution in [3.63, 3.8) is 0 Å². The zero-order valence-corrected chi connectivity index (χ0v) is 18.7. The number of rotatable bonds is 11. The lowest BCUT2D eigenvalue weighted by Crippen LogP contribution is -2.32. The van der Waals surface area contributed by atoms with Crippen LogP contribution in [0.15, 0.2) is 53.0 Å². The van der Waals surface area contributed by atoms with Crippen LogP contribution >= 0.6 is 23.1 Å². The van der Waals surface area contributed by atoms with Crippen LogP contribution in [0.2, 0.25) is 0 Å². The largest absolute Gasteiger partial charge is 0.343 e. The zero-order valence-electron chi connectivity index (χ0n) is 17.1. The maximum absolute atomic E-state index is 12.5. The summed E-state index contributed by atoms with van der Waals surface area (Å²) >= 11 is 3.32. The van der Waals surface area contributed by atoms with Gasteiger partial charge in [0.05, 0.1) is 4.88 Å². The Bertz CT molecular complexity index is 872. The van der Waals surface area contributed by atoms with Crippen LogP contribution in [0.4, 0.5) is 0 Å². The first-order chi connectivity index (χ1) is 14.2. The number of thioether (sulfide) groups is 1. The Kier molecular flexibility index (Phi) is 8.31. The fourth-order valence-electron chi connectivity index (χ4n) is 3.18. The van der Waals surface area contributed by atoms with Crippen molar-refractivity contribution in [3.8, 4) is 16.4 Å². The maximum atomic E-state index is 12.5. The van der Waals surface area contributed by atoms with E-state index >= 15 is 0 Å². The average molecular weight is 429 g/mol. The predicted octanol–water partition coefficient (Wildman–Crippen LogP) is 5.52. The molecule has 2 aromatic heterocycles. The maximum Gasteiger partial charge on any atom is 0.222 e. The fraction of sp³-hybridized carbons (Fsp3) is 0.409. The van der Waals surface area contributed by atoms with Gasteiger partial charge in [-0.15, -0.1) is 21.5 Å². The highest BCUT2D eigenvalue weighted by Crippen LogP contribution is 2.30. The Hall–Kier alpha value is -2.12. The van der Waals surface area contributed by atoms with E-state index in [1.807, 2.05) is 29.2 Å². The molecule has 3 aromatic rings. The van der Waals surface area contributed by atoms with Crippen LogP contribution in [-0.4, -0.2) is 44.4 Å². The predicted molar refractivity (Wildman–Crippen MR) is 122 cm³/mol. The molecule has 0 aliphatic carbocycles. The SMILES string of the molecule is CCCN(CCC)C(=O)CCCSc1nnc(-c2cccs2)n1-c1ccccc1. The quantitative estimate of drug-likeness (QED) is 0.298. The second-order valence-electron chi connectivity index (χ2n) is 6.79. The monoisotopic (exact) mass is 428 g/mol. The summed E-state index contributed by atoms with van der Waals surface area (Å²) in [5.41, 5.74) is 1.05. The van der Waals surface area contributed by atoms with Crippen molar-refractivity contribution in [3.05, 3.63) is 47.8 Å². The topological polar surface area (TPSA) is 51.0 Å². The molecule has 154 valence electrons. The summed E-state index contributed by atoms with van der Waals surface area (Å²) in [7, 11) is 0. The third-order valence-electron chi connectivity index (χ3n) is 4.50. The summed E-state index contributed by atoms with van der Waals surface area (Å²) in [6.45, 7) is 5.94. The Morgan fingerprint density at radius 1 is 1.07 bits per heavy atom. The van der Waals surface area contributed by atoms with Gasteiger partial charge in [-0.3, -0.25) is 9.36 Å². The molecule has 7 heteroatoms. The van der Waals surface area contributed by atoms with Crippen LogP contribution in [0, 0.1) is 0 Å². The normalized spacial score (nSPS) is 11.0. The molecule has 2 heterocycles. The molecule has 1 amide bonds. The molecule has 0 fully saturated rings. The van der Waals surface area contributed by atoms with E-state index in [-0.39, 0.29) is 5.91 Å². The average Bonchev–Trinajstić information content (AvgIpc) is 3.41. The van der Waals surface area contributed by atoms with Gasteiger partial charge in [0.25, 0.3) is 0 Å². The molecule has 0 radical (unpaired) electrons. The van der Waals surface area contributed by atoms with Gasteiger partial charge >= 0.3 is 0 Å². The van der Waals surface area contributed by atoms with Gasteiger partial charge < -0.3 is 4.90 Å². The van der Waals surface area contributed by atoms with Gasteiger partial charge in [-0.05, 0) is 42.8 Å². The number of carbonyl (C=O) groups excluding carboxylic acids is 1. The van der Waals surface area contributed by atoms with Crippen molar-refractivity contribution in [2.45, 2.75) is 44.7 Å². The third-order valence-corrected chi connectivity index (χ3v) is 6.38. The van der Waals surface area contributed by atoms with E-state index in [0.29, 0.717) is 6.42 Å². The molecule has 0 bridgehead atoms. The van der Waals surface area contributed by atoms with Crippen molar-refractivity contribution in [2.24, 2.45) is 0 Å². The van der Waals surface area contributed by atoms with Crippen LogP contribution in [-0.2, 0) is 4.79 Å². The van der Waals surface area contributed by atoms with E-state index in [0.717, 1.165) is 59.7 Å². The summed E-state index contributed by atoms with van der Waals surface area (Å²) in [4.78, 5) is 15.6. The molecular formula is C22H28N4OS2. The lowest BCUT2D eigenvalue weighted by molar-refractivity contribution is -0.131. The number of amides is 1. The van der Waals surface area contributed by atoms with Crippen molar-refractivity contribution in [2.75, 3.05) is 18.8 Å². The highest BCUT2D eigenvalue weighted by molar-refractivity contribution is 7.99. The molecular weight excluding hydrogens is 400 g/mol. The van der Waals surface area contributed by atoms with Gasteiger partial charge in [0, 0.05) is 31.0 Å². The minimum Gasteiger partial charge on any atom is -0.343 e.